The molecular weight excluding hydrogens is 264 g/mol. The zero-order valence-corrected chi connectivity index (χ0v) is 11.7. The molecule has 3 rings (SSSR count). The largest absolute Gasteiger partial charge is 0.481 e. The summed E-state index contributed by atoms with van der Waals surface area (Å²) in [5.74, 6) is 1.22. The molecule has 0 saturated carbocycles. The van der Waals surface area contributed by atoms with Gasteiger partial charge >= 0.3 is 0 Å². The zero-order chi connectivity index (χ0) is 14.7. The summed E-state index contributed by atoms with van der Waals surface area (Å²) in [6.07, 6.45) is 2.42. The van der Waals surface area contributed by atoms with E-state index >= 15 is 0 Å². The van der Waals surface area contributed by atoms with Crippen molar-refractivity contribution >= 4 is 11.5 Å². The van der Waals surface area contributed by atoms with Gasteiger partial charge in [-0.2, -0.15) is 5.10 Å². The summed E-state index contributed by atoms with van der Waals surface area (Å²) in [4.78, 5) is 4.24. The van der Waals surface area contributed by atoms with Crippen molar-refractivity contribution in [1.82, 2.24) is 4.98 Å². The van der Waals surface area contributed by atoms with Crippen molar-refractivity contribution in [2.24, 2.45) is 15.9 Å². The molecule has 1 aromatic heterocycles. The van der Waals surface area contributed by atoms with Crippen LogP contribution in [0, 0.1) is 0 Å². The van der Waals surface area contributed by atoms with Crippen LogP contribution in [0.1, 0.15) is 23.5 Å². The lowest BCUT2D eigenvalue weighted by molar-refractivity contribution is 0.398. The van der Waals surface area contributed by atoms with Gasteiger partial charge in [-0.3, -0.25) is 0 Å². The highest BCUT2D eigenvalue weighted by Gasteiger charge is 2.24. The van der Waals surface area contributed by atoms with E-state index in [1.165, 1.54) is 5.56 Å². The van der Waals surface area contributed by atoms with E-state index in [4.69, 9.17) is 10.5 Å². The highest BCUT2D eigenvalue weighted by Crippen LogP contribution is 2.28. The fourth-order valence-corrected chi connectivity index (χ4v) is 2.41. The number of rotatable bonds is 3. The number of pyridine rings is 1. The number of methoxy groups -OCH3 is 1. The molecule has 5 heteroatoms. The molecule has 1 unspecified atom stereocenters. The molecule has 0 bridgehead atoms. The van der Waals surface area contributed by atoms with Crippen molar-refractivity contribution in [2.45, 2.75) is 12.3 Å². The molecule has 0 fully saturated rings. The van der Waals surface area contributed by atoms with Gasteiger partial charge in [-0.1, -0.05) is 30.3 Å². The van der Waals surface area contributed by atoms with Crippen LogP contribution in [0.3, 0.4) is 0 Å². The normalized spacial score (nSPS) is 17.9. The van der Waals surface area contributed by atoms with Crippen LogP contribution in [0.25, 0.3) is 0 Å². The second-order valence-electron chi connectivity index (χ2n) is 4.83. The Morgan fingerprint density at radius 2 is 1.90 bits per heavy atom. The predicted octanol–water partition coefficient (Wildman–Crippen LogP) is 2.34. The zero-order valence-electron chi connectivity index (χ0n) is 11.7. The number of nitrogens with zero attached hydrogens (tertiary/aromatic N) is 3. The Morgan fingerprint density at radius 3 is 2.57 bits per heavy atom. The van der Waals surface area contributed by atoms with Gasteiger partial charge in [0.2, 0.25) is 5.88 Å². The van der Waals surface area contributed by atoms with E-state index in [9.17, 15) is 0 Å². The maximum Gasteiger partial charge on any atom is 0.212 e. The van der Waals surface area contributed by atoms with E-state index in [0.717, 1.165) is 11.3 Å². The highest BCUT2D eigenvalue weighted by atomic mass is 16.5. The Bertz CT molecular complexity index is 677. The molecule has 1 aliphatic heterocycles. The maximum absolute atomic E-state index is 5.86. The lowest BCUT2D eigenvalue weighted by Crippen LogP contribution is -2.25. The lowest BCUT2D eigenvalue weighted by atomic mass is 9.87. The second-order valence-corrected chi connectivity index (χ2v) is 4.83. The first-order valence-corrected chi connectivity index (χ1v) is 6.73. The van der Waals surface area contributed by atoms with Crippen LogP contribution in [-0.2, 0) is 0 Å². The number of aromatic nitrogens is 1. The number of amidine groups is 1. The third-order valence-corrected chi connectivity index (χ3v) is 3.47. The molecule has 2 aromatic rings. The Morgan fingerprint density at radius 1 is 1.10 bits per heavy atom. The molecule has 106 valence electrons. The van der Waals surface area contributed by atoms with E-state index in [1.54, 1.807) is 13.3 Å². The topological polar surface area (TPSA) is 72.9 Å². The first kappa shape index (κ1) is 13.3. The first-order valence-electron chi connectivity index (χ1n) is 6.73. The van der Waals surface area contributed by atoms with Gasteiger partial charge < -0.3 is 10.5 Å². The van der Waals surface area contributed by atoms with E-state index in [0.29, 0.717) is 18.1 Å². The SMILES string of the molecule is COc1ccc(C2=NN=C(N)CC2c2ccccc2)cn1. The maximum atomic E-state index is 5.86. The molecule has 0 radical (unpaired) electrons. The molecule has 2 heterocycles. The molecule has 5 nitrogen and oxygen atoms in total. The van der Waals surface area contributed by atoms with E-state index in [-0.39, 0.29) is 5.92 Å². The van der Waals surface area contributed by atoms with Crippen molar-refractivity contribution in [3.05, 3.63) is 59.8 Å². The predicted molar refractivity (Wildman–Crippen MR) is 82.7 cm³/mol. The minimum atomic E-state index is 0.0962. The van der Waals surface area contributed by atoms with E-state index in [2.05, 4.69) is 27.3 Å². The average molecular weight is 280 g/mol. The van der Waals surface area contributed by atoms with Gasteiger partial charge in [-0.25, -0.2) is 4.98 Å². The summed E-state index contributed by atoms with van der Waals surface area (Å²) in [5, 5.41) is 8.32. The van der Waals surface area contributed by atoms with Gasteiger partial charge in [-0.15, -0.1) is 5.10 Å². The second kappa shape index (κ2) is 5.75. The number of ether oxygens (including phenoxy) is 1. The fourth-order valence-electron chi connectivity index (χ4n) is 2.41. The molecule has 0 aliphatic carbocycles. The van der Waals surface area contributed by atoms with Crippen LogP contribution in [-0.4, -0.2) is 23.6 Å². The van der Waals surface area contributed by atoms with Crippen molar-refractivity contribution in [2.75, 3.05) is 7.11 Å². The van der Waals surface area contributed by atoms with Crippen LogP contribution >= 0.6 is 0 Å². The fraction of sp³-hybridized carbons (Fsp3) is 0.188. The van der Waals surface area contributed by atoms with Crippen LogP contribution in [0.15, 0.2) is 58.9 Å². The molecule has 0 amide bonds. The van der Waals surface area contributed by atoms with E-state index in [1.807, 2.05) is 30.3 Å². The monoisotopic (exact) mass is 280 g/mol. The van der Waals surface area contributed by atoms with Gasteiger partial charge in [0, 0.05) is 30.2 Å². The number of hydrogen-bond donors (Lipinski definition) is 1. The Balaban J connectivity index is 1.99. The van der Waals surface area contributed by atoms with Crippen LogP contribution in [0.5, 0.6) is 5.88 Å². The molecule has 1 atom stereocenters. The first-order chi connectivity index (χ1) is 10.3. The van der Waals surface area contributed by atoms with Gasteiger partial charge in [0.1, 0.15) is 5.84 Å². The highest BCUT2D eigenvalue weighted by molar-refractivity contribution is 6.08. The molecular formula is C16H16N4O. The summed E-state index contributed by atoms with van der Waals surface area (Å²) >= 11 is 0. The van der Waals surface area contributed by atoms with E-state index < -0.39 is 0 Å². The number of nitrogens with two attached hydrogens (primary N) is 1. The van der Waals surface area contributed by atoms with Crippen molar-refractivity contribution in [1.29, 1.82) is 0 Å². The third kappa shape index (κ3) is 2.76. The van der Waals surface area contributed by atoms with Gasteiger partial charge in [0.15, 0.2) is 0 Å². The van der Waals surface area contributed by atoms with Gasteiger partial charge in [0.05, 0.1) is 12.8 Å². The Hall–Kier alpha value is -2.69. The minimum absolute atomic E-state index is 0.0962. The minimum Gasteiger partial charge on any atom is -0.481 e. The van der Waals surface area contributed by atoms with Crippen molar-refractivity contribution < 1.29 is 4.74 Å². The quantitative estimate of drug-likeness (QED) is 0.937. The van der Waals surface area contributed by atoms with Gasteiger partial charge in [0.25, 0.3) is 0 Å². The summed E-state index contributed by atoms with van der Waals surface area (Å²) in [7, 11) is 1.60. The summed E-state index contributed by atoms with van der Waals surface area (Å²) < 4.78 is 5.09. The summed E-state index contributed by atoms with van der Waals surface area (Å²) in [6, 6.07) is 13.9. The lowest BCUT2D eigenvalue weighted by Gasteiger charge is -2.21. The van der Waals surface area contributed by atoms with Crippen LogP contribution < -0.4 is 10.5 Å². The molecule has 21 heavy (non-hydrogen) atoms. The van der Waals surface area contributed by atoms with Gasteiger partial charge in [-0.05, 0) is 11.6 Å². The summed E-state index contributed by atoms with van der Waals surface area (Å²) in [5.41, 5.74) is 8.84. The Labute approximate surface area is 123 Å². The number of hydrogen-bond acceptors (Lipinski definition) is 5. The average Bonchev–Trinajstić information content (AvgIpc) is 2.56. The third-order valence-electron chi connectivity index (χ3n) is 3.47. The molecule has 2 N–H and O–H groups in total. The van der Waals surface area contributed by atoms with Crippen molar-refractivity contribution in [3.8, 4) is 5.88 Å². The molecule has 1 aliphatic rings. The van der Waals surface area contributed by atoms with Crippen molar-refractivity contribution in [3.63, 3.8) is 0 Å². The van der Waals surface area contributed by atoms with Crippen LogP contribution in [0.2, 0.25) is 0 Å². The molecule has 0 spiro atoms. The number of benzene rings is 1. The standard InChI is InChI=1S/C16H16N4O/c1-21-15-8-7-12(10-18-15)16-13(9-14(17)19-20-16)11-5-3-2-4-6-11/h2-8,10,13H,9H2,1H3,(H2,17,19). The molecule has 1 aromatic carbocycles. The van der Waals surface area contributed by atoms with Crippen LogP contribution in [0.4, 0.5) is 0 Å². The molecule has 0 saturated heterocycles. The summed E-state index contributed by atoms with van der Waals surface area (Å²) in [6.45, 7) is 0. The smallest absolute Gasteiger partial charge is 0.212 e. The Kier molecular flexibility index (Phi) is 3.64.